The fourth-order valence-corrected chi connectivity index (χ4v) is 4.58. The van der Waals surface area contributed by atoms with Crippen LogP contribution in [-0.4, -0.2) is 63.2 Å². The molecule has 3 rings (SSSR count). The molecule has 7 nitrogen and oxygen atoms in total. The van der Waals surface area contributed by atoms with Gasteiger partial charge in [-0.15, -0.1) is 10.2 Å². The molecule has 1 aromatic carbocycles. The van der Waals surface area contributed by atoms with Crippen molar-refractivity contribution in [3.05, 3.63) is 42.0 Å². The van der Waals surface area contributed by atoms with Gasteiger partial charge in [0.1, 0.15) is 0 Å². The van der Waals surface area contributed by atoms with Crippen LogP contribution < -0.4 is 9.80 Å². The Bertz CT molecular complexity index is 925. The quantitative estimate of drug-likeness (QED) is 0.762. The maximum Gasteiger partial charge on any atom is 0.417 e. The summed E-state index contributed by atoms with van der Waals surface area (Å²) in [7, 11) is -0.577. The lowest BCUT2D eigenvalue weighted by molar-refractivity contribution is -0.139. The first-order chi connectivity index (χ1) is 13.1. The van der Waals surface area contributed by atoms with Crippen LogP contribution in [0.3, 0.4) is 0 Å². The molecule has 1 fully saturated rings. The Labute approximate surface area is 161 Å². The van der Waals surface area contributed by atoms with Gasteiger partial charge < -0.3 is 9.80 Å². The number of anilines is 2. The van der Waals surface area contributed by atoms with Gasteiger partial charge in [0.2, 0.25) is 10.0 Å². The van der Waals surface area contributed by atoms with Gasteiger partial charge in [0, 0.05) is 40.3 Å². The van der Waals surface area contributed by atoms with Crippen molar-refractivity contribution in [3.63, 3.8) is 0 Å². The van der Waals surface area contributed by atoms with Crippen LogP contribution in [0.2, 0.25) is 0 Å². The molecule has 0 unspecified atom stereocenters. The second-order valence-corrected chi connectivity index (χ2v) is 8.44. The number of aromatic nitrogens is 2. The highest BCUT2D eigenvalue weighted by molar-refractivity contribution is 7.89. The zero-order chi connectivity index (χ0) is 20.5. The predicted molar refractivity (Wildman–Crippen MR) is 98.8 cm³/mol. The van der Waals surface area contributed by atoms with Gasteiger partial charge in [-0.3, -0.25) is 0 Å². The van der Waals surface area contributed by atoms with E-state index in [4.69, 9.17) is 0 Å². The van der Waals surface area contributed by atoms with Gasteiger partial charge in [0.25, 0.3) is 0 Å². The summed E-state index contributed by atoms with van der Waals surface area (Å²) in [5.41, 5.74) is -1.15. The average Bonchev–Trinajstić information content (AvgIpc) is 2.67. The third-order valence-corrected chi connectivity index (χ3v) is 6.42. The molecule has 1 saturated heterocycles. The first-order valence-electron chi connectivity index (χ1n) is 8.53. The molecule has 11 heteroatoms. The van der Waals surface area contributed by atoms with Gasteiger partial charge in [0.15, 0.2) is 11.6 Å². The topological polar surface area (TPSA) is 69.6 Å². The molecule has 1 aliphatic rings. The third-order valence-electron chi connectivity index (χ3n) is 4.47. The molecule has 0 spiro atoms. The molecule has 0 bridgehead atoms. The molecule has 0 N–H and O–H groups in total. The minimum Gasteiger partial charge on any atom is -0.361 e. The molecule has 2 heterocycles. The molecule has 2 aromatic rings. The Morgan fingerprint density at radius 3 is 2.14 bits per heavy atom. The fourth-order valence-electron chi connectivity index (χ4n) is 2.95. The van der Waals surface area contributed by atoms with Gasteiger partial charge in [0.05, 0.1) is 10.5 Å². The van der Waals surface area contributed by atoms with Crippen molar-refractivity contribution in [3.8, 4) is 0 Å². The highest BCUT2D eigenvalue weighted by Crippen LogP contribution is 2.35. The van der Waals surface area contributed by atoms with Crippen LogP contribution in [0, 0.1) is 0 Å². The number of nitrogens with zero attached hydrogens (tertiary/aromatic N) is 5. The SMILES string of the molecule is CN(C)c1ccc(N2CCN(S(=O)(=O)c3ccccc3C(F)(F)F)CC2)nn1. The van der Waals surface area contributed by atoms with Crippen LogP contribution >= 0.6 is 0 Å². The van der Waals surface area contributed by atoms with E-state index in [1.54, 1.807) is 17.0 Å². The average molecular weight is 415 g/mol. The van der Waals surface area contributed by atoms with Crippen molar-refractivity contribution in [1.82, 2.24) is 14.5 Å². The summed E-state index contributed by atoms with van der Waals surface area (Å²) in [6.45, 7) is 0.740. The summed E-state index contributed by atoms with van der Waals surface area (Å²) < 4.78 is 66.3. The Morgan fingerprint density at radius 1 is 0.964 bits per heavy atom. The smallest absolute Gasteiger partial charge is 0.361 e. The molecular weight excluding hydrogens is 395 g/mol. The maximum atomic E-state index is 13.2. The Kier molecular flexibility index (Phi) is 5.48. The third kappa shape index (κ3) is 4.04. The van der Waals surface area contributed by atoms with Gasteiger partial charge in [-0.1, -0.05) is 12.1 Å². The summed E-state index contributed by atoms with van der Waals surface area (Å²) >= 11 is 0. The van der Waals surface area contributed by atoms with Crippen LogP contribution in [-0.2, 0) is 16.2 Å². The molecule has 0 atom stereocenters. The summed E-state index contributed by atoms with van der Waals surface area (Å²) in [5, 5.41) is 8.22. The van der Waals surface area contributed by atoms with Gasteiger partial charge in [-0.05, 0) is 24.3 Å². The molecule has 0 aliphatic carbocycles. The van der Waals surface area contributed by atoms with E-state index in [-0.39, 0.29) is 13.1 Å². The Hall–Kier alpha value is -2.40. The lowest BCUT2D eigenvalue weighted by Gasteiger charge is -2.34. The van der Waals surface area contributed by atoms with Crippen molar-refractivity contribution >= 4 is 21.7 Å². The molecule has 0 radical (unpaired) electrons. The minimum absolute atomic E-state index is 0.0611. The number of sulfonamides is 1. The van der Waals surface area contributed by atoms with Crippen LogP contribution in [0.5, 0.6) is 0 Å². The number of hydrogen-bond donors (Lipinski definition) is 0. The molecule has 152 valence electrons. The number of piperazine rings is 1. The molecule has 1 aromatic heterocycles. The molecule has 28 heavy (non-hydrogen) atoms. The van der Waals surface area contributed by atoms with Crippen molar-refractivity contribution in [2.45, 2.75) is 11.1 Å². The largest absolute Gasteiger partial charge is 0.417 e. The van der Waals surface area contributed by atoms with E-state index in [9.17, 15) is 21.6 Å². The monoisotopic (exact) mass is 415 g/mol. The zero-order valence-electron chi connectivity index (χ0n) is 15.4. The highest BCUT2D eigenvalue weighted by Gasteiger charge is 2.39. The summed E-state index contributed by atoms with van der Waals surface area (Å²) in [6, 6.07) is 7.83. The van der Waals surface area contributed by atoms with E-state index in [0.29, 0.717) is 24.7 Å². The molecular formula is C17H20F3N5O2S. The van der Waals surface area contributed by atoms with Crippen molar-refractivity contribution in [2.75, 3.05) is 50.1 Å². The van der Waals surface area contributed by atoms with E-state index in [0.717, 1.165) is 16.4 Å². The maximum absolute atomic E-state index is 13.2. The van der Waals surface area contributed by atoms with Crippen LogP contribution in [0.1, 0.15) is 5.56 Å². The van der Waals surface area contributed by atoms with Gasteiger partial charge >= 0.3 is 6.18 Å². The van der Waals surface area contributed by atoms with Gasteiger partial charge in [-0.2, -0.15) is 17.5 Å². The zero-order valence-corrected chi connectivity index (χ0v) is 16.2. The van der Waals surface area contributed by atoms with E-state index in [1.807, 2.05) is 19.0 Å². The highest BCUT2D eigenvalue weighted by atomic mass is 32.2. The number of alkyl halides is 3. The van der Waals surface area contributed by atoms with E-state index >= 15 is 0 Å². The number of hydrogen-bond acceptors (Lipinski definition) is 6. The number of halogens is 3. The Morgan fingerprint density at radius 2 is 1.61 bits per heavy atom. The van der Waals surface area contributed by atoms with Crippen LogP contribution in [0.4, 0.5) is 24.8 Å². The molecule has 0 amide bonds. The lowest BCUT2D eigenvalue weighted by Crippen LogP contribution is -2.49. The van der Waals surface area contributed by atoms with E-state index in [2.05, 4.69) is 10.2 Å². The van der Waals surface area contributed by atoms with Crippen LogP contribution in [0.15, 0.2) is 41.3 Å². The summed E-state index contributed by atoms with van der Waals surface area (Å²) in [5.74, 6) is 1.28. The first-order valence-corrected chi connectivity index (χ1v) is 9.97. The van der Waals surface area contributed by atoms with Gasteiger partial charge in [-0.25, -0.2) is 8.42 Å². The van der Waals surface area contributed by atoms with Crippen molar-refractivity contribution in [1.29, 1.82) is 0 Å². The first kappa shape index (κ1) is 20.3. The summed E-state index contributed by atoms with van der Waals surface area (Å²) in [6.07, 6.45) is -4.74. The molecule has 1 aliphatic heterocycles. The predicted octanol–water partition coefficient (Wildman–Crippen LogP) is 2.07. The fraction of sp³-hybridized carbons (Fsp3) is 0.412. The lowest BCUT2D eigenvalue weighted by atomic mass is 10.2. The minimum atomic E-state index is -4.74. The van der Waals surface area contributed by atoms with E-state index < -0.39 is 26.7 Å². The normalized spacial score (nSPS) is 16.2. The standard InChI is InChI=1S/C17H20F3N5O2S/c1-23(2)15-7-8-16(22-21-15)24-9-11-25(12-10-24)28(26,27)14-6-4-3-5-13(14)17(18,19)20/h3-8H,9-12H2,1-2H3. The number of benzene rings is 1. The second kappa shape index (κ2) is 7.55. The van der Waals surface area contributed by atoms with Crippen molar-refractivity contribution in [2.24, 2.45) is 0 Å². The van der Waals surface area contributed by atoms with Crippen LogP contribution in [0.25, 0.3) is 0 Å². The second-order valence-electron chi connectivity index (χ2n) is 6.53. The number of rotatable bonds is 4. The molecule has 0 saturated carbocycles. The Balaban J connectivity index is 1.76. The summed E-state index contributed by atoms with van der Waals surface area (Å²) in [4.78, 5) is 2.94. The van der Waals surface area contributed by atoms with Crippen molar-refractivity contribution < 1.29 is 21.6 Å². The van der Waals surface area contributed by atoms with E-state index in [1.165, 1.54) is 12.1 Å².